The van der Waals surface area contributed by atoms with E-state index in [4.69, 9.17) is 4.74 Å². The molecule has 2 heterocycles. The van der Waals surface area contributed by atoms with Gasteiger partial charge in [-0.05, 0) is 66.6 Å². The van der Waals surface area contributed by atoms with Crippen molar-refractivity contribution < 1.29 is 17.9 Å². The quantitative estimate of drug-likeness (QED) is 0.451. The Morgan fingerprint density at radius 1 is 1.15 bits per heavy atom. The summed E-state index contributed by atoms with van der Waals surface area (Å²) in [5.41, 5.74) is 2.09. The standard InChI is InChI=1S/C26H30N2O4S2/c1-4-19(2)28(34(30,31)22-8-6-5-7-9-22)18-25(29)27-16-14-24-23(15-17-33-24)26(27)20-10-12-21(32-3)13-11-20/h5-13,15,17,19,26H,4,14,16,18H2,1-3H3. The van der Waals surface area contributed by atoms with E-state index < -0.39 is 10.0 Å². The number of rotatable bonds is 8. The summed E-state index contributed by atoms with van der Waals surface area (Å²) < 4.78 is 33.6. The van der Waals surface area contributed by atoms with Crippen LogP contribution in [0.4, 0.5) is 0 Å². The highest BCUT2D eigenvalue weighted by Crippen LogP contribution is 2.38. The van der Waals surface area contributed by atoms with Gasteiger partial charge < -0.3 is 9.64 Å². The Morgan fingerprint density at radius 3 is 2.50 bits per heavy atom. The van der Waals surface area contributed by atoms with Crippen LogP contribution in [-0.4, -0.2) is 49.8 Å². The number of carbonyl (C=O) groups excluding carboxylic acids is 1. The van der Waals surface area contributed by atoms with Crippen LogP contribution in [0.2, 0.25) is 0 Å². The van der Waals surface area contributed by atoms with Crippen molar-refractivity contribution in [2.24, 2.45) is 0 Å². The number of hydrogen-bond donors (Lipinski definition) is 0. The fraction of sp³-hybridized carbons (Fsp3) is 0.346. The van der Waals surface area contributed by atoms with Crippen LogP contribution in [-0.2, 0) is 21.2 Å². The zero-order valence-corrected chi connectivity index (χ0v) is 21.3. The molecule has 34 heavy (non-hydrogen) atoms. The van der Waals surface area contributed by atoms with E-state index in [0.29, 0.717) is 13.0 Å². The van der Waals surface area contributed by atoms with Gasteiger partial charge in [-0.15, -0.1) is 11.3 Å². The zero-order valence-electron chi connectivity index (χ0n) is 19.7. The molecule has 0 saturated carbocycles. The zero-order chi connectivity index (χ0) is 24.3. The third-order valence-corrected chi connectivity index (χ3v) is 9.41. The molecule has 0 aliphatic carbocycles. The summed E-state index contributed by atoms with van der Waals surface area (Å²) in [5, 5.41) is 2.06. The molecule has 0 spiro atoms. The molecule has 1 aromatic heterocycles. The monoisotopic (exact) mass is 498 g/mol. The van der Waals surface area contributed by atoms with Gasteiger partial charge in [-0.2, -0.15) is 4.31 Å². The predicted octanol–water partition coefficient (Wildman–Crippen LogP) is 4.72. The molecule has 0 radical (unpaired) electrons. The molecule has 1 amide bonds. The van der Waals surface area contributed by atoms with Gasteiger partial charge in [0.15, 0.2) is 0 Å². The SMILES string of the molecule is CCC(C)N(CC(=O)N1CCc2sccc2C1c1ccc(OC)cc1)S(=O)(=O)c1ccccc1. The number of hydrogen-bond acceptors (Lipinski definition) is 5. The lowest BCUT2D eigenvalue weighted by atomic mass is 9.93. The fourth-order valence-corrected chi connectivity index (χ4v) is 6.94. The lowest BCUT2D eigenvalue weighted by molar-refractivity contribution is -0.133. The number of amides is 1. The maximum atomic E-state index is 13.7. The van der Waals surface area contributed by atoms with Gasteiger partial charge in [0.1, 0.15) is 5.75 Å². The molecule has 0 saturated heterocycles. The summed E-state index contributed by atoms with van der Waals surface area (Å²) in [7, 11) is -2.19. The second kappa shape index (κ2) is 10.3. The topological polar surface area (TPSA) is 66.9 Å². The smallest absolute Gasteiger partial charge is 0.243 e. The largest absolute Gasteiger partial charge is 0.497 e. The number of ether oxygens (including phenoxy) is 1. The van der Waals surface area contributed by atoms with Gasteiger partial charge in [-0.3, -0.25) is 4.79 Å². The van der Waals surface area contributed by atoms with Crippen LogP contribution >= 0.6 is 11.3 Å². The van der Waals surface area contributed by atoms with Crippen LogP contribution in [0.5, 0.6) is 5.75 Å². The van der Waals surface area contributed by atoms with Crippen molar-refractivity contribution in [1.29, 1.82) is 0 Å². The van der Waals surface area contributed by atoms with Gasteiger partial charge in [0.05, 0.1) is 24.6 Å². The Hall–Kier alpha value is -2.68. The summed E-state index contributed by atoms with van der Waals surface area (Å²) in [6.45, 7) is 4.13. The van der Waals surface area contributed by atoms with E-state index in [1.807, 2.05) is 43.0 Å². The molecule has 1 aliphatic rings. The van der Waals surface area contributed by atoms with Gasteiger partial charge in [0, 0.05) is 17.5 Å². The van der Waals surface area contributed by atoms with E-state index in [1.165, 1.54) is 9.18 Å². The molecule has 2 atom stereocenters. The minimum Gasteiger partial charge on any atom is -0.497 e. The van der Waals surface area contributed by atoms with E-state index >= 15 is 0 Å². The molecule has 3 aromatic rings. The minimum atomic E-state index is -3.82. The van der Waals surface area contributed by atoms with E-state index in [0.717, 1.165) is 23.3 Å². The summed E-state index contributed by atoms with van der Waals surface area (Å²) in [4.78, 5) is 17.0. The van der Waals surface area contributed by atoms with Crippen molar-refractivity contribution in [2.75, 3.05) is 20.2 Å². The summed E-state index contributed by atoms with van der Waals surface area (Å²) >= 11 is 1.70. The number of nitrogens with zero attached hydrogens (tertiary/aromatic N) is 2. The number of carbonyl (C=O) groups is 1. The lowest BCUT2D eigenvalue weighted by Crippen LogP contribution is -2.49. The van der Waals surface area contributed by atoms with E-state index in [-0.39, 0.29) is 29.4 Å². The maximum Gasteiger partial charge on any atom is 0.243 e. The normalized spacial score (nSPS) is 16.8. The minimum absolute atomic E-state index is 0.196. The first-order valence-electron chi connectivity index (χ1n) is 11.4. The Morgan fingerprint density at radius 2 is 1.85 bits per heavy atom. The van der Waals surface area contributed by atoms with E-state index in [1.54, 1.807) is 48.8 Å². The third-order valence-electron chi connectivity index (χ3n) is 6.44. The predicted molar refractivity (Wildman–Crippen MR) is 135 cm³/mol. The second-order valence-corrected chi connectivity index (χ2v) is 11.3. The molecule has 0 N–H and O–H groups in total. The fourth-order valence-electron chi connectivity index (χ4n) is 4.36. The number of fused-ring (bicyclic) bond motifs is 1. The number of sulfonamides is 1. The summed E-state index contributed by atoms with van der Waals surface area (Å²) in [6.07, 6.45) is 1.37. The molecular weight excluding hydrogens is 468 g/mol. The molecule has 0 fully saturated rings. The van der Waals surface area contributed by atoms with Gasteiger partial charge in [0.25, 0.3) is 0 Å². The van der Waals surface area contributed by atoms with Gasteiger partial charge in [-0.25, -0.2) is 8.42 Å². The highest BCUT2D eigenvalue weighted by molar-refractivity contribution is 7.89. The molecule has 6 nitrogen and oxygen atoms in total. The molecule has 0 bridgehead atoms. The molecule has 180 valence electrons. The van der Waals surface area contributed by atoms with Gasteiger partial charge in [0.2, 0.25) is 15.9 Å². The Labute approximate surface area is 205 Å². The van der Waals surface area contributed by atoms with Crippen molar-refractivity contribution >= 4 is 27.3 Å². The van der Waals surface area contributed by atoms with Crippen LogP contribution in [0.25, 0.3) is 0 Å². The first kappa shape index (κ1) is 24.4. The van der Waals surface area contributed by atoms with Crippen LogP contribution in [0.3, 0.4) is 0 Å². The average Bonchev–Trinajstić information content (AvgIpc) is 3.35. The Kier molecular flexibility index (Phi) is 7.40. The highest BCUT2D eigenvalue weighted by Gasteiger charge is 2.36. The first-order valence-corrected chi connectivity index (χ1v) is 13.7. The van der Waals surface area contributed by atoms with Crippen molar-refractivity contribution in [3.8, 4) is 5.75 Å². The van der Waals surface area contributed by atoms with Crippen molar-refractivity contribution in [1.82, 2.24) is 9.21 Å². The van der Waals surface area contributed by atoms with Crippen LogP contribution < -0.4 is 4.74 Å². The van der Waals surface area contributed by atoms with Crippen LogP contribution in [0, 0.1) is 0 Å². The van der Waals surface area contributed by atoms with Gasteiger partial charge in [-0.1, -0.05) is 37.3 Å². The number of benzene rings is 2. The lowest BCUT2D eigenvalue weighted by Gasteiger charge is -2.38. The molecule has 2 aromatic carbocycles. The van der Waals surface area contributed by atoms with Crippen molar-refractivity contribution in [3.05, 3.63) is 82.0 Å². The first-order chi connectivity index (χ1) is 16.4. The summed E-state index contributed by atoms with van der Waals surface area (Å²) in [5.74, 6) is 0.553. The summed E-state index contributed by atoms with van der Waals surface area (Å²) in [6, 6.07) is 17.6. The highest BCUT2D eigenvalue weighted by atomic mass is 32.2. The molecule has 1 aliphatic heterocycles. The number of methoxy groups -OCH3 is 1. The Bertz CT molecular complexity index is 1220. The van der Waals surface area contributed by atoms with E-state index in [9.17, 15) is 13.2 Å². The number of thiophene rings is 1. The van der Waals surface area contributed by atoms with Crippen molar-refractivity contribution in [2.45, 2.75) is 43.7 Å². The molecule has 2 unspecified atom stereocenters. The van der Waals surface area contributed by atoms with Crippen LogP contribution in [0.15, 0.2) is 70.9 Å². The molecular formula is C26H30N2O4S2. The molecule has 8 heteroatoms. The molecule has 4 rings (SSSR count). The van der Waals surface area contributed by atoms with Crippen LogP contribution in [0.1, 0.15) is 42.3 Å². The Balaban J connectivity index is 1.67. The average molecular weight is 499 g/mol. The van der Waals surface area contributed by atoms with Crippen molar-refractivity contribution in [3.63, 3.8) is 0 Å². The van der Waals surface area contributed by atoms with Gasteiger partial charge >= 0.3 is 0 Å². The third kappa shape index (κ3) is 4.76. The maximum absolute atomic E-state index is 13.7. The van der Waals surface area contributed by atoms with E-state index in [2.05, 4.69) is 11.4 Å². The second-order valence-electron chi connectivity index (χ2n) is 8.43.